The van der Waals surface area contributed by atoms with Crippen LogP contribution in [0, 0.1) is 19.3 Å². The number of terminal acetylenes is 1. The van der Waals surface area contributed by atoms with Gasteiger partial charge >= 0.3 is 5.97 Å². The number of hydrogen-bond donors (Lipinski definition) is 1. The highest BCUT2D eigenvalue weighted by molar-refractivity contribution is 5.88. The Morgan fingerprint density at radius 1 is 1.56 bits per heavy atom. The molecule has 1 aromatic heterocycles. The van der Waals surface area contributed by atoms with E-state index in [1.807, 2.05) is 19.1 Å². The van der Waals surface area contributed by atoms with Crippen molar-refractivity contribution in [3.05, 3.63) is 35.1 Å². The standard InChI is InChI=1S/C13H10O3/c1-3-11-10(7-13(14)15)9-6-8(2)4-5-12(9)16-11/h1,4-6H,7H2,2H3,(H,14,15). The van der Waals surface area contributed by atoms with Crippen LogP contribution < -0.4 is 0 Å². The van der Waals surface area contributed by atoms with Crippen molar-refractivity contribution in [1.82, 2.24) is 0 Å². The lowest BCUT2D eigenvalue weighted by atomic mass is 10.1. The number of fused-ring (bicyclic) bond motifs is 1. The summed E-state index contributed by atoms with van der Waals surface area (Å²) in [6, 6.07) is 5.59. The van der Waals surface area contributed by atoms with E-state index in [2.05, 4.69) is 5.92 Å². The van der Waals surface area contributed by atoms with Crippen molar-refractivity contribution in [2.24, 2.45) is 0 Å². The zero-order valence-corrected chi connectivity index (χ0v) is 8.78. The van der Waals surface area contributed by atoms with Gasteiger partial charge in [0.1, 0.15) is 5.58 Å². The van der Waals surface area contributed by atoms with Gasteiger partial charge in [0, 0.05) is 10.9 Å². The largest absolute Gasteiger partial charge is 0.481 e. The molecular weight excluding hydrogens is 204 g/mol. The Labute approximate surface area is 92.7 Å². The van der Waals surface area contributed by atoms with Crippen molar-refractivity contribution in [2.45, 2.75) is 13.3 Å². The van der Waals surface area contributed by atoms with Gasteiger partial charge in [-0.3, -0.25) is 4.79 Å². The molecule has 0 aliphatic rings. The lowest BCUT2D eigenvalue weighted by Crippen LogP contribution is -2.00. The summed E-state index contributed by atoms with van der Waals surface area (Å²) in [5.41, 5.74) is 2.26. The Bertz CT molecular complexity index is 599. The number of rotatable bonds is 2. The number of carboxylic acids is 1. The van der Waals surface area contributed by atoms with Gasteiger partial charge in [0.25, 0.3) is 0 Å². The second-order valence-electron chi connectivity index (χ2n) is 3.62. The van der Waals surface area contributed by atoms with Gasteiger partial charge in [0.15, 0.2) is 5.76 Å². The molecular formula is C13H10O3. The van der Waals surface area contributed by atoms with Crippen molar-refractivity contribution >= 4 is 16.9 Å². The molecule has 2 rings (SSSR count). The summed E-state index contributed by atoms with van der Waals surface area (Å²) in [5, 5.41) is 9.61. The molecule has 0 aliphatic heterocycles. The maximum Gasteiger partial charge on any atom is 0.308 e. The first-order valence-corrected chi connectivity index (χ1v) is 4.82. The van der Waals surface area contributed by atoms with Crippen LogP contribution in [0.3, 0.4) is 0 Å². The number of aliphatic carboxylic acids is 1. The molecule has 0 amide bonds. The van der Waals surface area contributed by atoms with E-state index in [0.717, 1.165) is 10.9 Å². The van der Waals surface area contributed by atoms with Gasteiger partial charge in [-0.2, -0.15) is 0 Å². The van der Waals surface area contributed by atoms with E-state index < -0.39 is 5.97 Å². The van der Waals surface area contributed by atoms with Crippen LogP contribution in [0.15, 0.2) is 22.6 Å². The van der Waals surface area contributed by atoms with Crippen LogP contribution in [-0.2, 0) is 11.2 Å². The summed E-state index contributed by atoms with van der Waals surface area (Å²) < 4.78 is 5.40. The first-order chi connectivity index (χ1) is 7.61. The molecule has 1 aromatic carbocycles. The monoisotopic (exact) mass is 214 g/mol. The molecule has 16 heavy (non-hydrogen) atoms. The van der Waals surface area contributed by atoms with E-state index in [4.69, 9.17) is 15.9 Å². The van der Waals surface area contributed by atoms with Crippen LogP contribution in [0.25, 0.3) is 11.0 Å². The number of benzene rings is 1. The Kier molecular flexibility index (Phi) is 2.41. The second kappa shape index (κ2) is 3.74. The van der Waals surface area contributed by atoms with Gasteiger partial charge in [-0.15, -0.1) is 6.42 Å². The Balaban J connectivity index is 2.71. The highest BCUT2D eigenvalue weighted by Crippen LogP contribution is 2.26. The topological polar surface area (TPSA) is 50.4 Å². The molecule has 1 N–H and O–H groups in total. The third kappa shape index (κ3) is 1.66. The fraction of sp³-hybridized carbons (Fsp3) is 0.154. The molecule has 0 atom stereocenters. The molecule has 3 heteroatoms. The SMILES string of the molecule is C#Cc1oc2ccc(C)cc2c1CC(=O)O. The van der Waals surface area contributed by atoms with E-state index in [1.165, 1.54) is 0 Å². The van der Waals surface area contributed by atoms with E-state index >= 15 is 0 Å². The lowest BCUT2D eigenvalue weighted by molar-refractivity contribution is -0.136. The summed E-state index contributed by atoms with van der Waals surface area (Å²) in [7, 11) is 0. The molecule has 0 saturated carbocycles. The normalized spacial score (nSPS) is 10.2. The molecule has 1 heterocycles. The van der Waals surface area contributed by atoms with Crippen molar-refractivity contribution in [1.29, 1.82) is 0 Å². The van der Waals surface area contributed by atoms with Gasteiger partial charge in [0.05, 0.1) is 6.42 Å². The van der Waals surface area contributed by atoms with Gasteiger partial charge in [0.2, 0.25) is 0 Å². The minimum atomic E-state index is -0.916. The quantitative estimate of drug-likeness (QED) is 0.780. The summed E-state index contributed by atoms with van der Waals surface area (Å²) in [6.07, 6.45) is 5.18. The Hall–Kier alpha value is -2.21. The van der Waals surface area contributed by atoms with Gasteiger partial charge in [-0.05, 0) is 25.0 Å². The predicted molar refractivity (Wildman–Crippen MR) is 60.2 cm³/mol. The number of furan rings is 1. The zero-order valence-electron chi connectivity index (χ0n) is 8.78. The Morgan fingerprint density at radius 3 is 2.94 bits per heavy atom. The van der Waals surface area contributed by atoms with Crippen LogP contribution >= 0.6 is 0 Å². The minimum absolute atomic E-state index is 0.115. The predicted octanol–water partition coefficient (Wildman–Crippen LogP) is 2.35. The van der Waals surface area contributed by atoms with Crippen LogP contribution in [0.2, 0.25) is 0 Å². The summed E-state index contributed by atoms with van der Waals surface area (Å²) >= 11 is 0. The summed E-state index contributed by atoms with van der Waals surface area (Å²) in [4.78, 5) is 10.8. The minimum Gasteiger partial charge on any atom is -0.481 e. The lowest BCUT2D eigenvalue weighted by Gasteiger charge is -1.95. The zero-order chi connectivity index (χ0) is 11.7. The number of aryl methyl sites for hydroxylation is 1. The molecule has 0 bridgehead atoms. The maximum atomic E-state index is 10.8. The highest BCUT2D eigenvalue weighted by atomic mass is 16.4. The number of carbonyl (C=O) groups is 1. The molecule has 3 nitrogen and oxygen atoms in total. The van der Waals surface area contributed by atoms with Crippen LogP contribution in [0.5, 0.6) is 0 Å². The van der Waals surface area contributed by atoms with Crippen molar-refractivity contribution in [2.75, 3.05) is 0 Å². The van der Waals surface area contributed by atoms with Crippen LogP contribution in [-0.4, -0.2) is 11.1 Å². The van der Waals surface area contributed by atoms with E-state index in [1.54, 1.807) is 6.07 Å². The average Bonchev–Trinajstić information content (AvgIpc) is 2.56. The smallest absolute Gasteiger partial charge is 0.308 e. The van der Waals surface area contributed by atoms with Gasteiger partial charge in [-0.1, -0.05) is 11.6 Å². The fourth-order valence-electron chi connectivity index (χ4n) is 1.71. The molecule has 0 fully saturated rings. The number of hydrogen-bond acceptors (Lipinski definition) is 2. The molecule has 0 saturated heterocycles. The molecule has 0 spiro atoms. The van der Waals surface area contributed by atoms with E-state index in [0.29, 0.717) is 16.9 Å². The molecule has 0 aliphatic carbocycles. The summed E-state index contributed by atoms with van der Waals surface area (Å²) in [6.45, 7) is 1.94. The van der Waals surface area contributed by atoms with E-state index in [-0.39, 0.29) is 6.42 Å². The van der Waals surface area contributed by atoms with Gasteiger partial charge in [-0.25, -0.2) is 0 Å². The summed E-state index contributed by atoms with van der Waals surface area (Å²) in [5.74, 6) is 1.77. The Morgan fingerprint density at radius 2 is 2.31 bits per heavy atom. The van der Waals surface area contributed by atoms with E-state index in [9.17, 15) is 4.79 Å². The average molecular weight is 214 g/mol. The van der Waals surface area contributed by atoms with Gasteiger partial charge < -0.3 is 9.52 Å². The first kappa shape index (κ1) is 10.3. The third-order valence-corrected chi connectivity index (χ3v) is 2.41. The number of carboxylic acid groups (broad SMARTS) is 1. The maximum absolute atomic E-state index is 10.8. The van der Waals surface area contributed by atoms with Crippen LogP contribution in [0.4, 0.5) is 0 Å². The molecule has 0 radical (unpaired) electrons. The molecule has 0 unspecified atom stereocenters. The second-order valence-corrected chi connectivity index (χ2v) is 3.62. The molecule has 2 aromatic rings. The first-order valence-electron chi connectivity index (χ1n) is 4.82. The third-order valence-electron chi connectivity index (χ3n) is 2.41. The highest BCUT2D eigenvalue weighted by Gasteiger charge is 2.15. The van der Waals surface area contributed by atoms with Crippen molar-refractivity contribution in [3.63, 3.8) is 0 Å². The molecule has 80 valence electrons. The van der Waals surface area contributed by atoms with Crippen molar-refractivity contribution in [3.8, 4) is 12.3 Å². The van der Waals surface area contributed by atoms with Crippen molar-refractivity contribution < 1.29 is 14.3 Å². The fourth-order valence-corrected chi connectivity index (χ4v) is 1.71. The van der Waals surface area contributed by atoms with Crippen LogP contribution in [0.1, 0.15) is 16.9 Å².